The Morgan fingerprint density at radius 1 is 1.20 bits per heavy atom. The fourth-order valence-electron chi connectivity index (χ4n) is 4.99. The van der Waals surface area contributed by atoms with Crippen LogP contribution in [0.1, 0.15) is 95.0 Å². The summed E-state index contributed by atoms with van der Waals surface area (Å²) >= 11 is 1.62. The third kappa shape index (κ3) is 7.83. The molecule has 1 saturated carbocycles. The van der Waals surface area contributed by atoms with E-state index in [9.17, 15) is 14.4 Å². The normalized spacial score (nSPS) is 16.2. The lowest BCUT2D eigenvalue weighted by Gasteiger charge is -2.32. The van der Waals surface area contributed by atoms with E-state index in [0.29, 0.717) is 37.5 Å². The Bertz CT molecular complexity index is 1040. The highest BCUT2D eigenvalue weighted by Crippen LogP contribution is 2.30. The monoisotopic (exact) mass is 496 g/mol. The second-order valence-electron chi connectivity index (χ2n) is 10.2. The van der Waals surface area contributed by atoms with Gasteiger partial charge in [0.1, 0.15) is 5.78 Å². The molecule has 1 N–H and O–H groups in total. The highest BCUT2D eigenvalue weighted by molar-refractivity contribution is 7.18. The van der Waals surface area contributed by atoms with Gasteiger partial charge < -0.3 is 5.32 Å². The van der Waals surface area contributed by atoms with E-state index in [1.54, 1.807) is 11.3 Å². The minimum Gasteiger partial charge on any atom is -0.353 e. The van der Waals surface area contributed by atoms with Gasteiger partial charge in [-0.1, -0.05) is 52.7 Å². The first-order chi connectivity index (χ1) is 16.8. The van der Waals surface area contributed by atoms with Crippen molar-refractivity contribution >= 4 is 39.0 Å². The first-order valence-corrected chi connectivity index (χ1v) is 14.0. The van der Waals surface area contributed by atoms with E-state index in [0.717, 1.165) is 40.9 Å². The summed E-state index contributed by atoms with van der Waals surface area (Å²) in [7, 11) is 0. The number of Topliss-reactive ketones (excluding diaryl/α,β-unsaturated/α-hetero) is 1. The molecule has 0 aliphatic heterocycles. The number of benzene rings is 1. The number of carbonyl (C=O) groups excluding carboxylic acids is 3. The van der Waals surface area contributed by atoms with Crippen LogP contribution in [0.25, 0.3) is 10.2 Å². The number of allylic oxidation sites excluding steroid dienone is 1. The molecule has 1 aliphatic carbocycles. The Balaban J connectivity index is 1.78. The quantitative estimate of drug-likeness (QED) is 0.319. The summed E-state index contributed by atoms with van der Waals surface area (Å²) in [6.07, 6.45) is 9.16. The molecular formula is C29H40N2O3S. The zero-order chi connectivity index (χ0) is 25.4. The maximum Gasteiger partial charge on any atom is 0.224 e. The van der Waals surface area contributed by atoms with Gasteiger partial charge in [-0.05, 0) is 54.9 Å². The molecule has 1 amide bonds. The van der Waals surface area contributed by atoms with Crippen LogP contribution in [0.4, 0.5) is 0 Å². The Morgan fingerprint density at radius 2 is 1.94 bits per heavy atom. The van der Waals surface area contributed by atoms with Crippen molar-refractivity contribution in [1.82, 2.24) is 10.3 Å². The lowest BCUT2D eigenvalue weighted by atomic mass is 9.81. The Kier molecular flexibility index (Phi) is 10.2. The molecule has 6 heteroatoms. The molecule has 0 unspecified atom stereocenters. The van der Waals surface area contributed by atoms with Crippen LogP contribution in [-0.2, 0) is 20.8 Å². The number of nitrogens with zero attached hydrogens (tertiary/aromatic N) is 1. The average Bonchev–Trinajstić information content (AvgIpc) is 3.27. The van der Waals surface area contributed by atoms with Crippen molar-refractivity contribution in [3.8, 4) is 0 Å². The van der Waals surface area contributed by atoms with Crippen molar-refractivity contribution in [2.45, 2.75) is 96.9 Å². The van der Waals surface area contributed by atoms with Gasteiger partial charge in [-0.25, -0.2) is 4.98 Å². The van der Waals surface area contributed by atoms with Crippen molar-refractivity contribution in [2.75, 3.05) is 0 Å². The Labute approximate surface area is 213 Å². The molecule has 35 heavy (non-hydrogen) atoms. The van der Waals surface area contributed by atoms with Gasteiger partial charge in [-0.2, -0.15) is 0 Å². The van der Waals surface area contributed by atoms with E-state index in [1.807, 2.05) is 13.0 Å². The summed E-state index contributed by atoms with van der Waals surface area (Å²) < 4.78 is 1.12. The van der Waals surface area contributed by atoms with Crippen LogP contribution >= 0.6 is 11.3 Å². The van der Waals surface area contributed by atoms with Gasteiger partial charge in [-0.15, -0.1) is 11.3 Å². The fraction of sp³-hybridized carbons (Fsp3) is 0.586. The Morgan fingerprint density at radius 3 is 2.60 bits per heavy atom. The molecule has 2 atom stereocenters. The lowest BCUT2D eigenvalue weighted by molar-refractivity contribution is -0.130. The first-order valence-electron chi connectivity index (χ1n) is 13.2. The SMILES string of the molecule is C=CC(=O)CC[C@@H](NC(=O)[C@@H](CC(=O)CC)Cc1nc2ccc(C(C)C)cc2s1)C1CCCCC1. The predicted octanol–water partition coefficient (Wildman–Crippen LogP) is 6.55. The van der Waals surface area contributed by atoms with Gasteiger partial charge >= 0.3 is 0 Å². The summed E-state index contributed by atoms with van der Waals surface area (Å²) in [5, 5.41) is 4.16. The zero-order valence-corrected chi connectivity index (χ0v) is 22.3. The van der Waals surface area contributed by atoms with Gasteiger partial charge in [-0.3, -0.25) is 14.4 Å². The minimum absolute atomic E-state index is 0.00742. The molecule has 5 nitrogen and oxygen atoms in total. The second-order valence-corrected chi connectivity index (χ2v) is 11.3. The molecule has 1 heterocycles. The average molecular weight is 497 g/mol. The van der Waals surface area contributed by atoms with E-state index in [2.05, 4.69) is 37.9 Å². The minimum atomic E-state index is -0.450. The van der Waals surface area contributed by atoms with Crippen LogP contribution in [0, 0.1) is 11.8 Å². The molecule has 3 rings (SSSR count). The largest absolute Gasteiger partial charge is 0.353 e. The van der Waals surface area contributed by atoms with E-state index >= 15 is 0 Å². The van der Waals surface area contributed by atoms with Crippen LogP contribution in [0.2, 0.25) is 0 Å². The third-order valence-electron chi connectivity index (χ3n) is 7.26. The molecule has 1 aliphatic rings. The van der Waals surface area contributed by atoms with Gasteiger partial charge in [0, 0.05) is 31.7 Å². The topological polar surface area (TPSA) is 76.1 Å². The number of amides is 1. The number of hydrogen-bond donors (Lipinski definition) is 1. The molecule has 0 bridgehead atoms. The molecule has 1 fully saturated rings. The summed E-state index contributed by atoms with van der Waals surface area (Å²) in [5.74, 6) is 0.377. The molecule has 0 radical (unpaired) electrons. The molecule has 1 aromatic heterocycles. The second kappa shape index (κ2) is 13.1. The number of carbonyl (C=O) groups is 3. The standard InChI is InChI=1S/C29H40N2O3S/c1-5-23(32)13-15-25(20-10-8-7-9-11-20)31-29(34)22(16-24(33)6-2)18-28-30-26-14-12-21(19(3)4)17-27(26)35-28/h5,12,14,17,19-20,22,25H,1,6-11,13,15-16,18H2,2-4H3,(H,31,34)/t22-,25+/m0/s1. The smallest absolute Gasteiger partial charge is 0.224 e. The van der Waals surface area contributed by atoms with Gasteiger partial charge in [0.25, 0.3) is 0 Å². The number of thiazole rings is 1. The van der Waals surface area contributed by atoms with Crippen molar-refractivity contribution in [3.63, 3.8) is 0 Å². The summed E-state index contributed by atoms with van der Waals surface area (Å²) in [6.45, 7) is 9.77. The fourth-order valence-corrected chi connectivity index (χ4v) is 6.08. The molecule has 190 valence electrons. The maximum absolute atomic E-state index is 13.5. The predicted molar refractivity (Wildman–Crippen MR) is 144 cm³/mol. The number of rotatable bonds is 13. The number of ketones is 2. The van der Waals surface area contributed by atoms with E-state index in [1.165, 1.54) is 18.1 Å². The number of hydrogen-bond acceptors (Lipinski definition) is 5. The van der Waals surface area contributed by atoms with Crippen LogP contribution in [0.5, 0.6) is 0 Å². The number of aromatic nitrogens is 1. The van der Waals surface area contributed by atoms with Crippen molar-refractivity contribution in [3.05, 3.63) is 41.4 Å². The van der Waals surface area contributed by atoms with Crippen LogP contribution in [-0.4, -0.2) is 28.5 Å². The third-order valence-corrected chi connectivity index (χ3v) is 8.30. The van der Waals surface area contributed by atoms with E-state index in [-0.39, 0.29) is 29.9 Å². The van der Waals surface area contributed by atoms with E-state index in [4.69, 9.17) is 4.98 Å². The van der Waals surface area contributed by atoms with Crippen LogP contribution in [0.15, 0.2) is 30.9 Å². The van der Waals surface area contributed by atoms with Gasteiger partial charge in [0.15, 0.2) is 5.78 Å². The maximum atomic E-state index is 13.5. The molecule has 0 spiro atoms. The number of fused-ring (bicyclic) bond motifs is 1. The molecule has 1 aromatic carbocycles. The van der Waals surface area contributed by atoms with Gasteiger partial charge in [0.05, 0.1) is 21.1 Å². The van der Waals surface area contributed by atoms with Gasteiger partial charge in [0.2, 0.25) is 5.91 Å². The van der Waals surface area contributed by atoms with Crippen molar-refractivity contribution < 1.29 is 14.4 Å². The summed E-state index contributed by atoms with van der Waals surface area (Å²) in [6, 6.07) is 6.30. The number of nitrogens with one attached hydrogen (secondary N) is 1. The summed E-state index contributed by atoms with van der Waals surface area (Å²) in [4.78, 5) is 42.6. The van der Waals surface area contributed by atoms with Crippen LogP contribution < -0.4 is 5.32 Å². The Hall–Kier alpha value is -2.34. The summed E-state index contributed by atoms with van der Waals surface area (Å²) in [5.41, 5.74) is 2.21. The molecule has 0 saturated heterocycles. The van der Waals surface area contributed by atoms with Crippen LogP contribution in [0.3, 0.4) is 0 Å². The van der Waals surface area contributed by atoms with Crippen molar-refractivity contribution in [1.29, 1.82) is 0 Å². The highest BCUT2D eigenvalue weighted by atomic mass is 32.1. The van der Waals surface area contributed by atoms with E-state index < -0.39 is 5.92 Å². The van der Waals surface area contributed by atoms with Crippen molar-refractivity contribution in [2.24, 2.45) is 11.8 Å². The first kappa shape index (κ1) is 27.3. The zero-order valence-electron chi connectivity index (χ0n) is 21.5. The molecule has 2 aromatic rings. The molecular weight excluding hydrogens is 456 g/mol. The lowest BCUT2D eigenvalue weighted by Crippen LogP contribution is -2.45. The highest BCUT2D eigenvalue weighted by Gasteiger charge is 2.30.